The van der Waals surface area contributed by atoms with Gasteiger partial charge in [-0.1, -0.05) is 0 Å². The standard InChI is InChI=1S/C6H10Cl2/c1-6(8,4-7)5-2-3-5/h5H,2-4H2,1H3. The molecular formula is C6H10Cl2. The van der Waals surface area contributed by atoms with Gasteiger partial charge < -0.3 is 0 Å². The van der Waals surface area contributed by atoms with Crippen molar-refractivity contribution in [2.45, 2.75) is 24.6 Å². The first-order chi connectivity index (χ1) is 3.67. The normalized spacial score (nSPS) is 27.4. The van der Waals surface area contributed by atoms with E-state index in [9.17, 15) is 0 Å². The first-order valence-electron chi connectivity index (χ1n) is 2.91. The maximum Gasteiger partial charge on any atom is 0.0581 e. The molecule has 2 heteroatoms. The molecule has 8 heavy (non-hydrogen) atoms. The van der Waals surface area contributed by atoms with Crippen LogP contribution in [0.25, 0.3) is 0 Å². The maximum atomic E-state index is 5.99. The molecule has 0 saturated heterocycles. The van der Waals surface area contributed by atoms with Crippen molar-refractivity contribution in [3.05, 3.63) is 0 Å². The molecule has 0 N–H and O–H groups in total. The second kappa shape index (κ2) is 2.07. The number of hydrogen-bond acceptors (Lipinski definition) is 0. The Morgan fingerprint density at radius 3 is 2.25 bits per heavy atom. The van der Waals surface area contributed by atoms with E-state index >= 15 is 0 Å². The molecule has 0 spiro atoms. The van der Waals surface area contributed by atoms with Gasteiger partial charge in [-0.15, -0.1) is 23.2 Å². The average molecular weight is 153 g/mol. The van der Waals surface area contributed by atoms with Crippen LogP contribution in [0.3, 0.4) is 0 Å². The van der Waals surface area contributed by atoms with Gasteiger partial charge in [0.1, 0.15) is 0 Å². The molecule has 1 atom stereocenters. The van der Waals surface area contributed by atoms with Crippen molar-refractivity contribution in [1.82, 2.24) is 0 Å². The van der Waals surface area contributed by atoms with Gasteiger partial charge in [-0.3, -0.25) is 0 Å². The minimum Gasteiger partial charge on any atom is -0.125 e. The SMILES string of the molecule is CC(Cl)(CCl)C1CC1. The van der Waals surface area contributed by atoms with E-state index in [4.69, 9.17) is 23.2 Å². The third-order valence-electron chi connectivity index (χ3n) is 1.69. The Balaban J connectivity index is 2.37. The smallest absolute Gasteiger partial charge is 0.0581 e. The molecule has 0 nitrogen and oxygen atoms in total. The van der Waals surface area contributed by atoms with Crippen LogP contribution in [0, 0.1) is 5.92 Å². The lowest BCUT2D eigenvalue weighted by Crippen LogP contribution is -2.20. The summed E-state index contributed by atoms with van der Waals surface area (Å²) in [4.78, 5) is -0.110. The number of alkyl halides is 2. The van der Waals surface area contributed by atoms with E-state index < -0.39 is 0 Å². The topological polar surface area (TPSA) is 0 Å². The van der Waals surface area contributed by atoms with Gasteiger partial charge in [-0.05, 0) is 25.7 Å². The molecule has 1 aliphatic carbocycles. The predicted octanol–water partition coefficient (Wildman–Crippen LogP) is 2.63. The van der Waals surface area contributed by atoms with Crippen molar-refractivity contribution in [3.8, 4) is 0 Å². The van der Waals surface area contributed by atoms with Crippen molar-refractivity contribution >= 4 is 23.2 Å². The molecule has 1 aliphatic rings. The van der Waals surface area contributed by atoms with Crippen LogP contribution in [-0.2, 0) is 0 Å². The highest BCUT2D eigenvalue weighted by atomic mass is 35.5. The molecule has 1 rings (SSSR count). The van der Waals surface area contributed by atoms with Crippen molar-refractivity contribution in [3.63, 3.8) is 0 Å². The lowest BCUT2D eigenvalue weighted by molar-refractivity contribution is 0.614. The summed E-state index contributed by atoms with van der Waals surface area (Å²) >= 11 is 11.6. The van der Waals surface area contributed by atoms with E-state index in [0.29, 0.717) is 11.8 Å². The minimum absolute atomic E-state index is 0.110. The maximum absolute atomic E-state index is 5.99. The summed E-state index contributed by atoms with van der Waals surface area (Å²) in [6.45, 7) is 2.01. The van der Waals surface area contributed by atoms with E-state index in [0.717, 1.165) is 0 Å². The fourth-order valence-electron chi connectivity index (χ4n) is 0.794. The van der Waals surface area contributed by atoms with Gasteiger partial charge in [-0.2, -0.15) is 0 Å². The number of halogens is 2. The Kier molecular flexibility index (Phi) is 1.74. The van der Waals surface area contributed by atoms with Gasteiger partial charge in [0, 0.05) is 5.88 Å². The molecule has 0 aromatic heterocycles. The van der Waals surface area contributed by atoms with Crippen LogP contribution in [0.5, 0.6) is 0 Å². The minimum atomic E-state index is -0.110. The monoisotopic (exact) mass is 152 g/mol. The van der Waals surface area contributed by atoms with Crippen LogP contribution in [0.1, 0.15) is 19.8 Å². The summed E-state index contributed by atoms with van der Waals surface area (Å²) < 4.78 is 0. The molecule has 0 heterocycles. The summed E-state index contributed by atoms with van der Waals surface area (Å²) in [5.41, 5.74) is 0. The van der Waals surface area contributed by atoms with Crippen LogP contribution in [0.15, 0.2) is 0 Å². The molecule has 1 fully saturated rings. The Morgan fingerprint density at radius 2 is 2.12 bits per heavy atom. The number of rotatable bonds is 2. The molecule has 1 unspecified atom stereocenters. The predicted molar refractivity (Wildman–Crippen MR) is 37.7 cm³/mol. The van der Waals surface area contributed by atoms with Gasteiger partial charge in [0.2, 0.25) is 0 Å². The lowest BCUT2D eigenvalue weighted by Gasteiger charge is -2.16. The Hall–Kier alpha value is 0.580. The van der Waals surface area contributed by atoms with Crippen molar-refractivity contribution < 1.29 is 0 Å². The van der Waals surface area contributed by atoms with E-state index in [1.807, 2.05) is 6.92 Å². The summed E-state index contributed by atoms with van der Waals surface area (Å²) in [6, 6.07) is 0. The average Bonchev–Trinajstić information content (AvgIpc) is 2.44. The highest BCUT2D eigenvalue weighted by Gasteiger charge is 2.38. The largest absolute Gasteiger partial charge is 0.125 e. The van der Waals surface area contributed by atoms with Crippen LogP contribution >= 0.6 is 23.2 Å². The molecule has 0 bridgehead atoms. The summed E-state index contributed by atoms with van der Waals surface area (Å²) in [7, 11) is 0. The molecular weight excluding hydrogens is 143 g/mol. The quantitative estimate of drug-likeness (QED) is 0.535. The second-order valence-corrected chi connectivity index (χ2v) is 3.82. The van der Waals surface area contributed by atoms with Gasteiger partial charge in [0.15, 0.2) is 0 Å². The summed E-state index contributed by atoms with van der Waals surface area (Å²) in [5.74, 6) is 1.28. The van der Waals surface area contributed by atoms with Crippen molar-refractivity contribution in [1.29, 1.82) is 0 Å². The zero-order chi connectivity index (χ0) is 6.20. The molecule has 0 aliphatic heterocycles. The molecule has 0 radical (unpaired) electrons. The summed E-state index contributed by atoms with van der Waals surface area (Å²) in [5, 5.41) is 0. The molecule has 1 saturated carbocycles. The van der Waals surface area contributed by atoms with Crippen LogP contribution in [0.4, 0.5) is 0 Å². The number of hydrogen-bond donors (Lipinski definition) is 0. The Labute approximate surface area is 60.2 Å². The third-order valence-corrected chi connectivity index (χ3v) is 2.82. The fourth-order valence-corrected chi connectivity index (χ4v) is 1.23. The molecule has 48 valence electrons. The Bertz CT molecular complexity index is 84.5. The molecule has 0 aromatic rings. The van der Waals surface area contributed by atoms with Crippen molar-refractivity contribution in [2.75, 3.05) is 5.88 Å². The molecule has 0 aromatic carbocycles. The zero-order valence-electron chi connectivity index (χ0n) is 4.95. The third kappa shape index (κ3) is 1.29. The second-order valence-electron chi connectivity index (χ2n) is 2.69. The summed E-state index contributed by atoms with van der Waals surface area (Å²) in [6.07, 6.45) is 2.54. The zero-order valence-corrected chi connectivity index (χ0v) is 6.47. The first-order valence-corrected chi connectivity index (χ1v) is 3.83. The van der Waals surface area contributed by atoms with Crippen LogP contribution in [0.2, 0.25) is 0 Å². The first kappa shape index (κ1) is 6.70. The van der Waals surface area contributed by atoms with E-state index in [-0.39, 0.29) is 4.87 Å². The van der Waals surface area contributed by atoms with Crippen molar-refractivity contribution in [2.24, 2.45) is 5.92 Å². The van der Waals surface area contributed by atoms with E-state index in [2.05, 4.69) is 0 Å². The highest BCUT2D eigenvalue weighted by Crippen LogP contribution is 2.43. The van der Waals surface area contributed by atoms with Crippen LogP contribution < -0.4 is 0 Å². The van der Waals surface area contributed by atoms with E-state index in [1.165, 1.54) is 12.8 Å². The Morgan fingerprint density at radius 1 is 1.62 bits per heavy atom. The highest BCUT2D eigenvalue weighted by molar-refractivity contribution is 6.30. The lowest BCUT2D eigenvalue weighted by atomic mass is 10.1. The fraction of sp³-hybridized carbons (Fsp3) is 1.00. The van der Waals surface area contributed by atoms with Gasteiger partial charge >= 0.3 is 0 Å². The van der Waals surface area contributed by atoms with Crippen LogP contribution in [-0.4, -0.2) is 10.8 Å². The van der Waals surface area contributed by atoms with Gasteiger partial charge in [0.05, 0.1) is 4.87 Å². The van der Waals surface area contributed by atoms with E-state index in [1.54, 1.807) is 0 Å². The van der Waals surface area contributed by atoms with Gasteiger partial charge in [0.25, 0.3) is 0 Å². The molecule has 0 amide bonds. The van der Waals surface area contributed by atoms with Gasteiger partial charge in [-0.25, -0.2) is 0 Å².